The summed E-state index contributed by atoms with van der Waals surface area (Å²) in [5.41, 5.74) is 2.94. The summed E-state index contributed by atoms with van der Waals surface area (Å²) in [4.78, 5) is 22.4. The van der Waals surface area contributed by atoms with Crippen LogP contribution in [0, 0.1) is 11.6 Å². The van der Waals surface area contributed by atoms with Crippen LogP contribution in [0.2, 0.25) is 0 Å². The number of nitrogens with two attached hydrogens (primary N) is 1. The van der Waals surface area contributed by atoms with Crippen molar-refractivity contribution in [1.82, 2.24) is 5.32 Å². The van der Waals surface area contributed by atoms with Crippen LogP contribution in [-0.4, -0.2) is 30.2 Å². The maximum atomic E-state index is 13.3. The van der Waals surface area contributed by atoms with Crippen LogP contribution in [0.25, 0.3) is 0 Å². The summed E-state index contributed by atoms with van der Waals surface area (Å²) < 4.78 is 66.7. The largest absolute Gasteiger partial charge is 0.491 e. The first-order valence-corrected chi connectivity index (χ1v) is 6.99. The summed E-state index contributed by atoms with van der Waals surface area (Å²) in [6.45, 7) is 3.48. The summed E-state index contributed by atoms with van der Waals surface area (Å²) in [7, 11) is 0. The van der Waals surface area contributed by atoms with Crippen molar-refractivity contribution in [1.29, 1.82) is 0 Å². The molecule has 0 amide bonds. The zero-order chi connectivity index (χ0) is 19.6. The Morgan fingerprint density at radius 3 is 1.96 bits per heavy atom. The van der Waals surface area contributed by atoms with E-state index >= 15 is 0 Å². The minimum absolute atomic E-state index is 0.0630. The monoisotopic (exact) mass is 368 g/mol. The fourth-order valence-electron chi connectivity index (χ4n) is 1.73. The fourth-order valence-corrected chi connectivity index (χ4v) is 1.73. The zero-order valence-corrected chi connectivity index (χ0v) is 13.6. The van der Waals surface area contributed by atoms with Gasteiger partial charge in [-0.3, -0.25) is 0 Å². The number of benzene rings is 1. The van der Waals surface area contributed by atoms with E-state index in [1.54, 1.807) is 0 Å². The second-order valence-electron chi connectivity index (χ2n) is 6.23. The second-order valence-corrected chi connectivity index (χ2v) is 6.23. The lowest BCUT2D eigenvalue weighted by Gasteiger charge is -2.31. The lowest BCUT2D eigenvalue weighted by Crippen LogP contribution is -2.55. The van der Waals surface area contributed by atoms with Crippen LogP contribution < -0.4 is 11.1 Å². The maximum Gasteiger partial charge on any atom is 0.491 e. The molecule has 0 radical (unpaired) electrons. The SMILES string of the molecule is CC(C)(NCC(C)(N)c1cc(F)cc(F)c1)C(=O)OC(=O)C(F)(F)F. The van der Waals surface area contributed by atoms with Gasteiger partial charge in [-0.05, 0) is 38.5 Å². The number of carbonyl (C=O) groups excluding carboxylic acids is 2. The van der Waals surface area contributed by atoms with E-state index in [2.05, 4.69) is 10.1 Å². The van der Waals surface area contributed by atoms with E-state index in [-0.39, 0.29) is 12.1 Å². The first-order chi connectivity index (χ1) is 11.1. The molecule has 5 nitrogen and oxygen atoms in total. The Bertz CT molecular complexity index is 651. The van der Waals surface area contributed by atoms with Gasteiger partial charge in [-0.25, -0.2) is 18.4 Å². The van der Waals surface area contributed by atoms with Crippen LogP contribution in [0.5, 0.6) is 0 Å². The first-order valence-electron chi connectivity index (χ1n) is 6.99. The minimum atomic E-state index is -5.31. The molecule has 25 heavy (non-hydrogen) atoms. The lowest BCUT2D eigenvalue weighted by molar-refractivity contribution is -0.203. The molecule has 1 aromatic rings. The van der Waals surface area contributed by atoms with Crippen molar-refractivity contribution >= 4 is 11.9 Å². The molecule has 1 aromatic carbocycles. The summed E-state index contributed by atoms with van der Waals surface area (Å²) in [5, 5.41) is 2.53. The molecule has 0 saturated carbocycles. The Kier molecular flexibility index (Phi) is 5.91. The van der Waals surface area contributed by atoms with Gasteiger partial charge in [0.2, 0.25) is 0 Å². The van der Waals surface area contributed by atoms with E-state index in [0.717, 1.165) is 12.1 Å². The number of alkyl halides is 3. The van der Waals surface area contributed by atoms with Crippen molar-refractivity contribution in [3.63, 3.8) is 0 Å². The van der Waals surface area contributed by atoms with Gasteiger partial charge in [-0.2, -0.15) is 13.2 Å². The third kappa shape index (κ3) is 5.75. The summed E-state index contributed by atoms with van der Waals surface area (Å²) in [6.07, 6.45) is -5.31. The number of carbonyl (C=O) groups is 2. The van der Waals surface area contributed by atoms with E-state index in [0.29, 0.717) is 6.07 Å². The molecule has 0 aromatic heterocycles. The molecular formula is C15H17F5N2O3. The molecular weight excluding hydrogens is 351 g/mol. The summed E-state index contributed by atoms with van der Waals surface area (Å²) >= 11 is 0. The highest BCUT2D eigenvalue weighted by molar-refractivity contribution is 5.92. The number of halogens is 5. The van der Waals surface area contributed by atoms with Gasteiger partial charge in [0.25, 0.3) is 0 Å². The van der Waals surface area contributed by atoms with Crippen LogP contribution in [0.4, 0.5) is 22.0 Å². The standard InChI is InChI=1S/C15H17F5N2O3/c1-13(2,11(23)25-12(24)15(18,19)20)22-7-14(3,21)8-4-9(16)6-10(17)5-8/h4-6,22H,7,21H2,1-3H3. The van der Waals surface area contributed by atoms with E-state index in [1.165, 1.54) is 20.8 Å². The molecule has 0 spiro atoms. The first kappa shape index (κ1) is 21.0. The Hall–Kier alpha value is -2.07. The molecule has 0 bridgehead atoms. The van der Waals surface area contributed by atoms with Gasteiger partial charge in [-0.15, -0.1) is 0 Å². The minimum Gasteiger partial charge on any atom is -0.385 e. The topological polar surface area (TPSA) is 81.4 Å². The molecule has 140 valence electrons. The van der Waals surface area contributed by atoms with Gasteiger partial charge in [-0.1, -0.05) is 0 Å². The molecule has 0 aliphatic carbocycles. The number of rotatable bonds is 5. The Balaban J connectivity index is 2.83. The van der Waals surface area contributed by atoms with Gasteiger partial charge in [0.15, 0.2) is 0 Å². The zero-order valence-electron chi connectivity index (χ0n) is 13.6. The van der Waals surface area contributed by atoms with Gasteiger partial charge >= 0.3 is 18.1 Å². The number of hydrogen-bond donors (Lipinski definition) is 2. The van der Waals surface area contributed by atoms with Gasteiger partial charge in [0, 0.05) is 12.6 Å². The van der Waals surface area contributed by atoms with Crippen molar-refractivity contribution in [2.24, 2.45) is 5.73 Å². The van der Waals surface area contributed by atoms with E-state index in [9.17, 15) is 31.5 Å². The molecule has 0 heterocycles. The molecule has 1 unspecified atom stereocenters. The predicted octanol–water partition coefficient (Wildman–Crippen LogP) is 2.14. The highest BCUT2D eigenvalue weighted by Gasteiger charge is 2.45. The summed E-state index contributed by atoms with van der Waals surface area (Å²) in [6, 6.07) is 2.63. The Labute approximate surface area is 140 Å². The van der Waals surface area contributed by atoms with Gasteiger partial charge in [0.05, 0.1) is 5.54 Å². The molecule has 1 rings (SSSR count). The van der Waals surface area contributed by atoms with E-state index in [1.807, 2.05) is 0 Å². The van der Waals surface area contributed by atoms with Crippen molar-refractivity contribution < 1.29 is 36.3 Å². The number of hydrogen-bond acceptors (Lipinski definition) is 5. The van der Waals surface area contributed by atoms with Crippen LogP contribution in [0.15, 0.2) is 18.2 Å². The molecule has 1 atom stereocenters. The van der Waals surface area contributed by atoms with Gasteiger partial charge in [0.1, 0.15) is 17.2 Å². The van der Waals surface area contributed by atoms with Crippen LogP contribution in [0.3, 0.4) is 0 Å². The van der Waals surface area contributed by atoms with Crippen molar-refractivity contribution in [2.45, 2.75) is 38.0 Å². The molecule has 10 heteroatoms. The van der Waals surface area contributed by atoms with Crippen molar-refractivity contribution in [3.05, 3.63) is 35.4 Å². The highest BCUT2D eigenvalue weighted by Crippen LogP contribution is 2.22. The molecule has 0 saturated heterocycles. The van der Waals surface area contributed by atoms with Crippen LogP contribution >= 0.6 is 0 Å². The number of nitrogens with one attached hydrogen (secondary N) is 1. The lowest BCUT2D eigenvalue weighted by atomic mass is 9.91. The third-order valence-corrected chi connectivity index (χ3v) is 3.35. The van der Waals surface area contributed by atoms with Crippen molar-refractivity contribution in [2.75, 3.05) is 6.54 Å². The Morgan fingerprint density at radius 1 is 1.04 bits per heavy atom. The number of esters is 2. The van der Waals surface area contributed by atoms with Gasteiger partial charge < -0.3 is 15.8 Å². The average Bonchev–Trinajstić information content (AvgIpc) is 2.43. The predicted molar refractivity (Wildman–Crippen MR) is 77.1 cm³/mol. The van der Waals surface area contributed by atoms with Crippen molar-refractivity contribution in [3.8, 4) is 0 Å². The fraction of sp³-hybridized carbons (Fsp3) is 0.467. The van der Waals surface area contributed by atoms with Crippen LogP contribution in [-0.2, 0) is 19.9 Å². The maximum absolute atomic E-state index is 13.3. The molecule has 0 aliphatic rings. The highest BCUT2D eigenvalue weighted by atomic mass is 19.4. The third-order valence-electron chi connectivity index (χ3n) is 3.35. The average molecular weight is 368 g/mol. The second kappa shape index (κ2) is 7.04. The quantitative estimate of drug-likeness (QED) is 0.473. The normalized spacial score (nSPS) is 14.8. The molecule has 0 fully saturated rings. The smallest absolute Gasteiger partial charge is 0.385 e. The summed E-state index contributed by atoms with van der Waals surface area (Å²) in [5.74, 6) is -5.84. The molecule has 3 N–H and O–H groups in total. The Morgan fingerprint density at radius 2 is 1.52 bits per heavy atom. The number of ether oxygens (including phenoxy) is 1. The van der Waals surface area contributed by atoms with E-state index < -0.39 is 40.8 Å². The molecule has 0 aliphatic heterocycles. The van der Waals surface area contributed by atoms with E-state index in [4.69, 9.17) is 5.73 Å². The van der Waals surface area contributed by atoms with Crippen LogP contribution in [0.1, 0.15) is 26.3 Å².